The van der Waals surface area contributed by atoms with Gasteiger partial charge in [0.1, 0.15) is 0 Å². The minimum absolute atomic E-state index is 0.381. The largest absolute Gasteiger partial charge is 0.328 e. The summed E-state index contributed by atoms with van der Waals surface area (Å²) in [7, 11) is 0. The van der Waals surface area contributed by atoms with Gasteiger partial charge < -0.3 is 10.6 Å². The van der Waals surface area contributed by atoms with Crippen LogP contribution in [0.2, 0.25) is 0 Å². The van der Waals surface area contributed by atoms with Crippen molar-refractivity contribution in [2.45, 2.75) is 70.4 Å². The van der Waals surface area contributed by atoms with Gasteiger partial charge in [0, 0.05) is 12.1 Å². The first-order valence-electron chi connectivity index (χ1n) is 7.27. The van der Waals surface area contributed by atoms with Crippen LogP contribution in [0.3, 0.4) is 0 Å². The highest BCUT2D eigenvalue weighted by molar-refractivity contribution is 4.87. The van der Waals surface area contributed by atoms with Crippen LogP contribution in [-0.4, -0.2) is 30.1 Å². The molecule has 16 heavy (non-hydrogen) atoms. The predicted molar refractivity (Wildman–Crippen MR) is 69.4 cm³/mol. The van der Waals surface area contributed by atoms with Gasteiger partial charge in [-0.1, -0.05) is 12.8 Å². The lowest BCUT2D eigenvalue weighted by Gasteiger charge is -2.44. The molecule has 2 N–H and O–H groups in total. The number of hydrogen-bond donors (Lipinski definition) is 1. The fraction of sp³-hybridized carbons (Fsp3) is 1.00. The Bertz CT molecular complexity index is 201. The van der Waals surface area contributed by atoms with Crippen LogP contribution in [0.5, 0.6) is 0 Å². The molecule has 2 heteroatoms. The highest BCUT2D eigenvalue weighted by Gasteiger charge is 2.32. The van der Waals surface area contributed by atoms with E-state index in [4.69, 9.17) is 5.73 Å². The van der Waals surface area contributed by atoms with Crippen molar-refractivity contribution in [3.8, 4) is 0 Å². The summed E-state index contributed by atoms with van der Waals surface area (Å²) in [5.74, 6) is 1.03. The SMILES string of the molecule is CC(N)CCCN1CCC[C@H]2CCCC[C@H]21. The zero-order chi connectivity index (χ0) is 11.4. The number of nitrogens with zero attached hydrogens (tertiary/aromatic N) is 1. The Hall–Kier alpha value is -0.0800. The van der Waals surface area contributed by atoms with Crippen molar-refractivity contribution >= 4 is 0 Å². The van der Waals surface area contributed by atoms with Crippen LogP contribution in [0.25, 0.3) is 0 Å². The van der Waals surface area contributed by atoms with Crippen LogP contribution in [-0.2, 0) is 0 Å². The van der Waals surface area contributed by atoms with Gasteiger partial charge in [0.05, 0.1) is 0 Å². The molecule has 0 spiro atoms. The molecule has 0 amide bonds. The van der Waals surface area contributed by atoms with Crippen molar-refractivity contribution in [1.29, 1.82) is 0 Å². The second kappa shape index (κ2) is 6.02. The van der Waals surface area contributed by atoms with Gasteiger partial charge in [0.25, 0.3) is 0 Å². The summed E-state index contributed by atoms with van der Waals surface area (Å²) in [4.78, 5) is 2.77. The third-order valence-corrected chi connectivity index (χ3v) is 4.46. The van der Waals surface area contributed by atoms with Crippen molar-refractivity contribution in [1.82, 2.24) is 4.90 Å². The minimum atomic E-state index is 0.381. The normalized spacial score (nSPS) is 33.4. The molecule has 0 aromatic rings. The predicted octanol–water partition coefficient (Wildman–Crippen LogP) is 2.77. The van der Waals surface area contributed by atoms with Crippen molar-refractivity contribution in [2.24, 2.45) is 11.7 Å². The average Bonchev–Trinajstić information content (AvgIpc) is 2.29. The first kappa shape index (κ1) is 12.4. The Balaban J connectivity index is 1.78. The number of piperidine rings is 1. The second-order valence-electron chi connectivity index (χ2n) is 5.91. The average molecular weight is 224 g/mol. The summed E-state index contributed by atoms with van der Waals surface area (Å²) in [6.07, 6.45) is 11.3. The van der Waals surface area contributed by atoms with Crippen LogP contribution >= 0.6 is 0 Å². The van der Waals surface area contributed by atoms with E-state index >= 15 is 0 Å². The molecule has 2 fully saturated rings. The molecule has 0 bridgehead atoms. The summed E-state index contributed by atoms with van der Waals surface area (Å²) < 4.78 is 0. The van der Waals surface area contributed by atoms with Crippen LogP contribution in [0, 0.1) is 5.92 Å². The lowest BCUT2D eigenvalue weighted by molar-refractivity contribution is 0.0594. The van der Waals surface area contributed by atoms with Crippen LogP contribution in [0.15, 0.2) is 0 Å². The molecule has 1 aliphatic heterocycles. The fourth-order valence-corrected chi connectivity index (χ4v) is 3.62. The van der Waals surface area contributed by atoms with Crippen LogP contribution in [0.1, 0.15) is 58.3 Å². The van der Waals surface area contributed by atoms with E-state index in [-0.39, 0.29) is 0 Å². The molecule has 2 aliphatic rings. The summed E-state index contributed by atoms with van der Waals surface area (Å²) >= 11 is 0. The Morgan fingerprint density at radius 1 is 1.19 bits per heavy atom. The number of likely N-dealkylation sites (tertiary alicyclic amines) is 1. The zero-order valence-corrected chi connectivity index (χ0v) is 10.8. The molecular weight excluding hydrogens is 196 g/mol. The van der Waals surface area contributed by atoms with Gasteiger partial charge in [-0.25, -0.2) is 0 Å². The van der Waals surface area contributed by atoms with E-state index < -0.39 is 0 Å². The van der Waals surface area contributed by atoms with Crippen molar-refractivity contribution in [2.75, 3.05) is 13.1 Å². The van der Waals surface area contributed by atoms with Gasteiger partial charge in [-0.05, 0) is 64.5 Å². The zero-order valence-electron chi connectivity index (χ0n) is 10.8. The van der Waals surface area contributed by atoms with Crippen LogP contribution < -0.4 is 5.73 Å². The highest BCUT2D eigenvalue weighted by atomic mass is 15.2. The van der Waals surface area contributed by atoms with E-state index in [1.165, 1.54) is 64.5 Å². The maximum Gasteiger partial charge on any atom is 0.0123 e. The van der Waals surface area contributed by atoms with Gasteiger partial charge in [-0.3, -0.25) is 0 Å². The van der Waals surface area contributed by atoms with Gasteiger partial charge in [0.2, 0.25) is 0 Å². The van der Waals surface area contributed by atoms with Gasteiger partial charge in [0.15, 0.2) is 0 Å². The molecule has 1 aliphatic carbocycles. The summed E-state index contributed by atoms with van der Waals surface area (Å²) in [5, 5.41) is 0. The molecule has 0 aromatic carbocycles. The van der Waals surface area contributed by atoms with Gasteiger partial charge in [-0.15, -0.1) is 0 Å². The first-order valence-corrected chi connectivity index (χ1v) is 7.27. The standard InChI is InChI=1S/C14H28N2/c1-12(15)6-4-10-16-11-5-8-13-7-2-3-9-14(13)16/h12-14H,2-11,15H2,1H3/t12?,13-,14-/m1/s1. The van der Waals surface area contributed by atoms with Crippen molar-refractivity contribution in [3.05, 3.63) is 0 Å². The molecule has 2 rings (SSSR count). The molecule has 94 valence electrons. The Kier molecular flexibility index (Phi) is 4.66. The van der Waals surface area contributed by atoms with Crippen LogP contribution in [0.4, 0.5) is 0 Å². The summed E-state index contributed by atoms with van der Waals surface area (Å²) in [6.45, 7) is 4.77. The summed E-state index contributed by atoms with van der Waals surface area (Å²) in [5.41, 5.74) is 5.82. The Labute approximate surface area is 101 Å². The maximum absolute atomic E-state index is 5.82. The Morgan fingerprint density at radius 2 is 1.94 bits per heavy atom. The number of rotatable bonds is 4. The quantitative estimate of drug-likeness (QED) is 0.795. The topological polar surface area (TPSA) is 29.3 Å². The van der Waals surface area contributed by atoms with E-state index in [0.29, 0.717) is 6.04 Å². The third kappa shape index (κ3) is 3.21. The van der Waals surface area contributed by atoms with E-state index in [0.717, 1.165) is 12.0 Å². The lowest BCUT2D eigenvalue weighted by atomic mass is 9.78. The first-order chi connectivity index (χ1) is 7.77. The van der Waals surface area contributed by atoms with Crippen molar-refractivity contribution in [3.63, 3.8) is 0 Å². The third-order valence-electron chi connectivity index (χ3n) is 4.46. The molecule has 3 atom stereocenters. The molecule has 0 aromatic heterocycles. The van der Waals surface area contributed by atoms with Gasteiger partial charge >= 0.3 is 0 Å². The monoisotopic (exact) mass is 224 g/mol. The number of nitrogens with two attached hydrogens (primary N) is 1. The molecule has 1 saturated carbocycles. The minimum Gasteiger partial charge on any atom is -0.328 e. The molecule has 0 radical (unpaired) electrons. The molecule has 2 nitrogen and oxygen atoms in total. The highest BCUT2D eigenvalue weighted by Crippen LogP contribution is 2.35. The lowest BCUT2D eigenvalue weighted by Crippen LogP contribution is -2.47. The van der Waals surface area contributed by atoms with Gasteiger partial charge in [-0.2, -0.15) is 0 Å². The Morgan fingerprint density at radius 3 is 2.75 bits per heavy atom. The smallest absolute Gasteiger partial charge is 0.0123 e. The van der Waals surface area contributed by atoms with E-state index in [1.807, 2.05) is 0 Å². The maximum atomic E-state index is 5.82. The van der Waals surface area contributed by atoms with E-state index in [9.17, 15) is 0 Å². The number of fused-ring (bicyclic) bond motifs is 1. The summed E-state index contributed by atoms with van der Waals surface area (Å²) in [6, 6.07) is 1.31. The second-order valence-corrected chi connectivity index (χ2v) is 5.91. The molecule has 1 unspecified atom stereocenters. The van der Waals surface area contributed by atoms with Crippen molar-refractivity contribution < 1.29 is 0 Å². The van der Waals surface area contributed by atoms with E-state index in [2.05, 4.69) is 11.8 Å². The molecule has 1 heterocycles. The number of hydrogen-bond acceptors (Lipinski definition) is 2. The van der Waals surface area contributed by atoms with E-state index in [1.54, 1.807) is 0 Å². The molecular formula is C14H28N2. The molecule has 1 saturated heterocycles. The fourth-order valence-electron chi connectivity index (χ4n) is 3.62.